The molecule has 4 rings (SSSR count). The lowest BCUT2D eigenvalue weighted by Crippen LogP contribution is -1.87. The van der Waals surface area contributed by atoms with Crippen LogP contribution < -0.4 is 0 Å². The Morgan fingerprint density at radius 2 is 2.00 bits per heavy atom. The average Bonchev–Trinajstić information content (AvgIpc) is 3.16. The number of hydrogen-bond donors (Lipinski definition) is 0. The minimum atomic E-state index is 0.594. The first-order valence-electron chi connectivity index (χ1n) is 7.11. The van der Waals surface area contributed by atoms with Crippen LogP contribution in [0.2, 0.25) is 0 Å². The zero-order chi connectivity index (χ0) is 15.6. The zero-order valence-corrected chi connectivity index (χ0v) is 13.2. The van der Waals surface area contributed by atoms with Crippen molar-refractivity contribution in [3.05, 3.63) is 60.2 Å². The fourth-order valence-electron chi connectivity index (χ4n) is 2.17. The smallest absolute Gasteiger partial charge is 0.253 e. The van der Waals surface area contributed by atoms with E-state index in [-0.39, 0.29) is 0 Å². The quantitative estimate of drug-likeness (QED) is 0.536. The van der Waals surface area contributed by atoms with Crippen LogP contribution in [0.3, 0.4) is 0 Å². The lowest BCUT2D eigenvalue weighted by Gasteiger charge is -1.93. The molecule has 3 aromatic heterocycles. The first-order valence-corrected chi connectivity index (χ1v) is 8.10. The van der Waals surface area contributed by atoms with Gasteiger partial charge in [0, 0.05) is 23.7 Å². The number of benzene rings is 1. The van der Waals surface area contributed by atoms with Crippen molar-refractivity contribution in [3.8, 4) is 11.5 Å². The summed E-state index contributed by atoms with van der Waals surface area (Å²) in [6.07, 6.45) is 3.53. The second-order valence-electron chi connectivity index (χ2n) is 4.94. The molecule has 23 heavy (non-hydrogen) atoms. The Hall–Kier alpha value is -2.67. The van der Waals surface area contributed by atoms with E-state index in [1.807, 2.05) is 49.5 Å². The molecule has 1 aromatic carbocycles. The number of oxazole rings is 1. The Morgan fingerprint density at radius 1 is 1.13 bits per heavy atom. The summed E-state index contributed by atoms with van der Waals surface area (Å²) in [7, 11) is 0. The maximum Gasteiger partial charge on any atom is 0.253 e. The molecular weight excluding hydrogens is 310 g/mol. The van der Waals surface area contributed by atoms with Crippen LogP contribution in [0.15, 0.2) is 58.4 Å². The first-order chi connectivity index (χ1) is 11.3. The standard InChI is InChI=1S/C16H13N5OS/c1-11-13(18-14(22-11)12-6-3-2-4-7-12)10-23-16-19-15-17-8-5-9-21(15)20-16/h2-9H,10H2,1H3. The third kappa shape index (κ3) is 2.83. The van der Waals surface area contributed by atoms with Gasteiger partial charge in [0.15, 0.2) is 0 Å². The largest absolute Gasteiger partial charge is 0.441 e. The predicted octanol–water partition coefficient (Wildman–Crippen LogP) is 3.38. The van der Waals surface area contributed by atoms with Gasteiger partial charge in [0.05, 0.1) is 5.69 Å². The molecule has 0 saturated heterocycles. The van der Waals surface area contributed by atoms with Gasteiger partial charge in [-0.25, -0.2) is 14.5 Å². The molecule has 0 N–H and O–H groups in total. The summed E-state index contributed by atoms with van der Waals surface area (Å²) < 4.78 is 7.43. The normalized spacial score (nSPS) is 11.2. The van der Waals surface area contributed by atoms with Gasteiger partial charge in [-0.05, 0) is 25.1 Å². The highest BCUT2D eigenvalue weighted by atomic mass is 32.2. The average molecular weight is 323 g/mol. The molecule has 7 heteroatoms. The summed E-state index contributed by atoms with van der Waals surface area (Å²) in [6, 6.07) is 11.7. The molecular formula is C16H13N5OS. The fraction of sp³-hybridized carbons (Fsp3) is 0.125. The second kappa shape index (κ2) is 5.85. The van der Waals surface area contributed by atoms with Crippen molar-refractivity contribution in [1.29, 1.82) is 0 Å². The molecule has 0 spiro atoms. The third-order valence-electron chi connectivity index (χ3n) is 3.35. The Balaban J connectivity index is 1.54. The van der Waals surface area contributed by atoms with E-state index < -0.39 is 0 Å². The number of nitrogens with zero attached hydrogens (tertiary/aromatic N) is 5. The summed E-state index contributed by atoms with van der Waals surface area (Å²) in [5.41, 5.74) is 1.88. The van der Waals surface area contributed by atoms with Crippen LogP contribution in [0.4, 0.5) is 0 Å². The number of thioether (sulfide) groups is 1. The summed E-state index contributed by atoms with van der Waals surface area (Å²) in [5.74, 6) is 2.71. The number of hydrogen-bond acceptors (Lipinski definition) is 6. The van der Waals surface area contributed by atoms with E-state index in [9.17, 15) is 0 Å². The van der Waals surface area contributed by atoms with Crippen molar-refractivity contribution < 1.29 is 4.42 Å². The fourth-order valence-corrected chi connectivity index (χ4v) is 3.00. The predicted molar refractivity (Wildman–Crippen MR) is 87.0 cm³/mol. The minimum Gasteiger partial charge on any atom is -0.441 e. The van der Waals surface area contributed by atoms with E-state index in [0.29, 0.717) is 22.6 Å². The lowest BCUT2D eigenvalue weighted by atomic mass is 10.2. The van der Waals surface area contributed by atoms with E-state index in [4.69, 9.17) is 4.42 Å². The molecule has 4 aromatic rings. The zero-order valence-electron chi connectivity index (χ0n) is 12.4. The lowest BCUT2D eigenvalue weighted by molar-refractivity contribution is 0.540. The highest BCUT2D eigenvalue weighted by Crippen LogP contribution is 2.26. The molecule has 0 fully saturated rings. The topological polar surface area (TPSA) is 69.1 Å². The van der Waals surface area contributed by atoms with Gasteiger partial charge < -0.3 is 4.42 Å². The molecule has 0 saturated carbocycles. The van der Waals surface area contributed by atoms with Crippen molar-refractivity contribution in [2.75, 3.05) is 0 Å². The Bertz CT molecular complexity index is 914. The van der Waals surface area contributed by atoms with Gasteiger partial charge >= 0.3 is 0 Å². The van der Waals surface area contributed by atoms with Gasteiger partial charge in [-0.2, -0.15) is 4.98 Å². The molecule has 0 atom stereocenters. The van der Waals surface area contributed by atoms with Gasteiger partial charge in [-0.3, -0.25) is 0 Å². The van der Waals surface area contributed by atoms with E-state index in [1.165, 1.54) is 11.8 Å². The molecule has 0 unspecified atom stereocenters. The van der Waals surface area contributed by atoms with Crippen LogP contribution in [0, 0.1) is 6.92 Å². The van der Waals surface area contributed by atoms with Crippen LogP contribution in [0.1, 0.15) is 11.5 Å². The third-order valence-corrected chi connectivity index (χ3v) is 4.20. The van der Waals surface area contributed by atoms with Crippen molar-refractivity contribution in [1.82, 2.24) is 24.6 Å². The summed E-state index contributed by atoms with van der Waals surface area (Å²) in [5, 5.41) is 5.04. The van der Waals surface area contributed by atoms with Gasteiger partial charge in [-0.1, -0.05) is 30.0 Å². The molecule has 6 nitrogen and oxygen atoms in total. The molecule has 0 bridgehead atoms. The van der Waals surface area contributed by atoms with Crippen molar-refractivity contribution in [2.45, 2.75) is 17.8 Å². The highest BCUT2D eigenvalue weighted by Gasteiger charge is 2.13. The van der Waals surface area contributed by atoms with E-state index in [0.717, 1.165) is 17.0 Å². The summed E-state index contributed by atoms with van der Waals surface area (Å²) in [4.78, 5) is 13.1. The number of rotatable bonds is 4. The van der Waals surface area contributed by atoms with Crippen LogP contribution in [0.5, 0.6) is 0 Å². The van der Waals surface area contributed by atoms with Crippen LogP contribution >= 0.6 is 11.8 Å². The molecule has 0 aliphatic carbocycles. The Labute approximate surface area is 136 Å². The van der Waals surface area contributed by atoms with Crippen LogP contribution in [-0.4, -0.2) is 24.6 Å². The van der Waals surface area contributed by atoms with Crippen LogP contribution in [0.25, 0.3) is 17.2 Å². The first kappa shape index (κ1) is 14.0. The van der Waals surface area contributed by atoms with Gasteiger partial charge in [-0.15, -0.1) is 5.10 Å². The highest BCUT2D eigenvalue weighted by molar-refractivity contribution is 7.98. The Morgan fingerprint density at radius 3 is 2.83 bits per heavy atom. The van der Waals surface area contributed by atoms with Crippen LogP contribution in [-0.2, 0) is 5.75 Å². The minimum absolute atomic E-state index is 0.594. The molecule has 0 aliphatic rings. The maximum atomic E-state index is 5.77. The number of aryl methyl sites for hydroxylation is 1. The van der Waals surface area contributed by atoms with Gasteiger partial charge in [0.25, 0.3) is 5.78 Å². The molecule has 0 amide bonds. The van der Waals surface area contributed by atoms with E-state index in [2.05, 4.69) is 20.1 Å². The van der Waals surface area contributed by atoms with Crippen molar-refractivity contribution in [2.24, 2.45) is 0 Å². The number of aromatic nitrogens is 5. The van der Waals surface area contributed by atoms with Crippen molar-refractivity contribution in [3.63, 3.8) is 0 Å². The SMILES string of the molecule is Cc1oc(-c2ccccc2)nc1CSc1nc2ncccn2n1. The van der Waals surface area contributed by atoms with E-state index >= 15 is 0 Å². The van der Waals surface area contributed by atoms with E-state index in [1.54, 1.807) is 10.7 Å². The Kier molecular flexibility index (Phi) is 3.55. The van der Waals surface area contributed by atoms with Gasteiger partial charge in [0.2, 0.25) is 11.0 Å². The molecule has 0 aliphatic heterocycles. The summed E-state index contributed by atoms with van der Waals surface area (Å²) in [6.45, 7) is 1.92. The monoisotopic (exact) mass is 323 g/mol. The summed E-state index contributed by atoms with van der Waals surface area (Å²) >= 11 is 1.52. The maximum absolute atomic E-state index is 5.77. The van der Waals surface area contributed by atoms with Crippen molar-refractivity contribution >= 4 is 17.5 Å². The molecule has 114 valence electrons. The second-order valence-corrected chi connectivity index (χ2v) is 5.88. The van der Waals surface area contributed by atoms with Gasteiger partial charge in [0.1, 0.15) is 5.76 Å². The molecule has 0 radical (unpaired) electrons. The molecule has 3 heterocycles. The number of fused-ring (bicyclic) bond motifs is 1.